The Morgan fingerprint density at radius 2 is 2.00 bits per heavy atom. The Morgan fingerprint density at radius 3 is 2.75 bits per heavy atom. The minimum Gasteiger partial charge on any atom is -0.506 e. The average molecular weight is 217 g/mol. The molecule has 0 aliphatic carbocycles. The molecule has 0 saturated carbocycles. The Labute approximate surface area is 94.9 Å². The van der Waals surface area contributed by atoms with Gasteiger partial charge in [-0.1, -0.05) is 12.1 Å². The summed E-state index contributed by atoms with van der Waals surface area (Å²) in [5.74, 6) is 0.274. The molecule has 0 atom stereocenters. The van der Waals surface area contributed by atoms with Crippen molar-refractivity contribution in [2.45, 2.75) is 13.5 Å². The van der Waals surface area contributed by atoms with E-state index in [-0.39, 0.29) is 5.75 Å². The maximum absolute atomic E-state index is 9.77. The fourth-order valence-electron chi connectivity index (χ4n) is 1.64. The summed E-state index contributed by atoms with van der Waals surface area (Å²) < 4.78 is 7.31. The summed E-state index contributed by atoms with van der Waals surface area (Å²) in [4.78, 5) is 0. The maximum atomic E-state index is 9.77. The van der Waals surface area contributed by atoms with Crippen LogP contribution in [0.4, 0.5) is 0 Å². The van der Waals surface area contributed by atoms with Gasteiger partial charge < -0.3 is 14.4 Å². The predicted molar refractivity (Wildman–Crippen MR) is 62.8 cm³/mol. The third-order valence-electron chi connectivity index (χ3n) is 2.43. The Balaban J connectivity index is 2.33. The molecule has 3 nitrogen and oxygen atoms in total. The zero-order valence-corrected chi connectivity index (χ0v) is 9.26. The van der Waals surface area contributed by atoms with Gasteiger partial charge in [-0.15, -0.1) is 0 Å². The van der Waals surface area contributed by atoms with E-state index in [9.17, 15) is 5.11 Å². The Hall–Kier alpha value is -1.74. The lowest BCUT2D eigenvalue weighted by Crippen LogP contribution is -2.01. The fourth-order valence-corrected chi connectivity index (χ4v) is 1.64. The quantitative estimate of drug-likeness (QED) is 0.854. The van der Waals surface area contributed by atoms with Gasteiger partial charge >= 0.3 is 0 Å². The molecule has 0 spiro atoms. The van der Waals surface area contributed by atoms with E-state index in [1.807, 2.05) is 48.0 Å². The van der Waals surface area contributed by atoms with Crippen LogP contribution in [0.3, 0.4) is 0 Å². The summed E-state index contributed by atoms with van der Waals surface area (Å²) in [5, 5.41) is 9.77. The third kappa shape index (κ3) is 2.09. The van der Waals surface area contributed by atoms with Gasteiger partial charge in [-0.05, 0) is 31.2 Å². The topological polar surface area (TPSA) is 34.4 Å². The Bertz CT molecular complexity index is 462. The first-order valence-electron chi connectivity index (χ1n) is 5.35. The molecule has 0 radical (unpaired) electrons. The second-order valence-electron chi connectivity index (χ2n) is 3.50. The van der Waals surface area contributed by atoms with E-state index in [4.69, 9.17) is 4.74 Å². The predicted octanol–water partition coefficient (Wildman–Crippen LogP) is 2.72. The van der Waals surface area contributed by atoms with Gasteiger partial charge in [-0.2, -0.15) is 0 Å². The normalized spacial score (nSPS) is 10.6. The number of phenols is 1. The zero-order chi connectivity index (χ0) is 11.4. The van der Waals surface area contributed by atoms with Gasteiger partial charge in [-0.3, -0.25) is 0 Å². The molecular weight excluding hydrogens is 202 g/mol. The molecule has 0 aliphatic rings. The van der Waals surface area contributed by atoms with Gasteiger partial charge in [0.15, 0.2) is 0 Å². The second-order valence-corrected chi connectivity index (χ2v) is 3.50. The number of ether oxygens (including phenoxy) is 1. The van der Waals surface area contributed by atoms with Crippen molar-refractivity contribution in [3.8, 4) is 11.4 Å². The smallest absolute Gasteiger partial charge is 0.139 e. The summed E-state index contributed by atoms with van der Waals surface area (Å²) in [6.45, 7) is 3.21. The lowest BCUT2D eigenvalue weighted by atomic mass is 10.3. The zero-order valence-electron chi connectivity index (χ0n) is 9.26. The number of aromatic nitrogens is 1. The molecule has 3 heteroatoms. The first-order valence-corrected chi connectivity index (χ1v) is 5.35. The van der Waals surface area contributed by atoms with Crippen molar-refractivity contribution in [1.29, 1.82) is 0 Å². The maximum Gasteiger partial charge on any atom is 0.139 e. The standard InChI is InChI=1S/C13H15NO2/c1-2-16-10-11-6-5-9-14(11)12-7-3-4-8-13(12)15/h3-9,15H,2,10H2,1H3. The fraction of sp³-hybridized carbons (Fsp3) is 0.231. The van der Waals surface area contributed by atoms with Crippen molar-refractivity contribution < 1.29 is 9.84 Å². The van der Waals surface area contributed by atoms with Gasteiger partial charge in [-0.25, -0.2) is 0 Å². The number of rotatable bonds is 4. The van der Waals surface area contributed by atoms with E-state index in [0.717, 1.165) is 11.4 Å². The molecule has 2 rings (SSSR count). The number of nitrogens with zero attached hydrogens (tertiary/aromatic N) is 1. The number of hydrogen-bond acceptors (Lipinski definition) is 2. The number of para-hydroxylation sites is 2. The molecular formula is C13H15NO2. The van der Waals surface area contributed by atoms with Crippen LogP contribution in [0.2, 0.25) is 0 Å². The highest BCUT2D eigenvalue weighted by molar-refractivity contribution is 5.46. The minimum atomic E-state index is 0.274. The molecule has 84 valence electrons. The Kier molecular flexibility index (Phi) is 3.27. The molecule has 1 heterocycles. The van der Waals surface area contributed by atoms with Crippen LogP contribution in [0.15, 0.2) is 42.6 Å². The highest BCUT2D eigenvalue weighted by Crippen LogP contribution is 2.22. The van der Waals surface area contributed by atoms with Crippen molar-refractivity contribution in [3.63, 3.8) is 0 Å². The van der Waals surface area contributed by atoms with Gasteiger partial charge in [0.1, 0.15) is 5.75 Å². The van der Waals surface area contributed by atoms with E-state index in [1.54, 1.807) is 6.07 Å². The Morgan fingerprint density at radius 1 is 1.19 bits per heavy atom. The molecule has 0 fully saturated rings. The summed E-state index contributed by atoms with van der Waals surface area (Å²) in [6.07, 6.45) is 1.92. The van der Waals surface area contributed by atoms with Crippen LogP contribution in [-0.2, 0) is 11.3 Å². The summed E-state index contributed by atoms with van der Waals surface area (Å²) in [7, 11) is 0. The molecule has 1 N–H and O–H groups in total. The van der Waals surface area contributed by atoms with Crippen LogP contribution < -0.4 is 0 Å². The van der Waals surface area contributed by atoms with Crippen molar-refractivity contribution in [2.24, 2.45) is 0 Å². The third-order valence-corrected chi connectivity index (χ3v) is 2.43. The van der Waals surface area contributed by atoms with E-state index < -0.39 is 0 Å². The van der Waals surface area contributed by atoms with Crippen molar-refractivity contribution in [3.05, 3.63) is 48.3 Å². The van der Waals surface area contributed by atoms with Crippen LogP contribution in [0.1, 0.15) is 12.6 Å². The van der Waals surface area contributed by atoms with Crippen LogP contribution in [-0.4, -0.2) is 16.3 Å². The van der Waals surface area contributed by atoms with E-state index >= 15 is 0 Å². The first-order chi connectivity index (χ1) is 7.83. The molecule has 0 amide bonds. The van der Waals surface area contributed by atoms with Crippen molar-refractivity contribution >= 4 is 0 Å². The SMILES string of the molecule is CCOCc1cccn1-c1ccccc1O. The number of benzene rings is 1. The summed E-state index contributed by atoms with van der Waals surface area (Å²) in [5.41, 5.74) is 1.81. The number of phenolic OH excluding ortho intramolecular Hbond substituents is 1. The molecule has 2 aromatic rings. The minimum absolute atomic E-state index is 0.274. The van der Waals surface area contributed by atoms with Crippen LogP contribution >= 0.6 is 0 Å². The van der Waals surface area contributed by atoms with Crippen LogP contribution in [0, 0.1) is 0 Å². The van der Waals surface area contributed by atoms with E-state index in [1.165, 1.54) is 0 Å². The summed E-state index contributed by atoms with van der Waals surface area (Å²) in [6, 6.07) is 11.2. The van der Waals surface area contributed by atoms with Crippen LogP contribution in [0.25, 0.3) is 5.69 Å². The van der Waals surface area contributed by atoms with Gasteiger partial charge in [0.2, 0.25) is 0 Å². The molecule has 1 aromatic carbocycles. The van der Waals surface area contributed by atoms with Crippen LogP contribution in [0.5, 0.6) is 5.75 Å². The lowest BCUT2D eigenvalue weighted by Gasteiger charge is -2.10. The molecule has 16 heavy (non-hydrogen) atoms. The first kappa shape index (κ1) is 10.8. The van der Waals surface area contributed by atoms with Gasteiger partial charge in [0.05, 0.1) is 12.3 Å². The lowest BCUT2D eigenvalue weighted by molar-refractivity contribution is 0.130. The van der Waals surface area contributed by atoms with Crippen molar-refractivity contribution in [2.75, 3.05) is 6.61 Å². The summed E-state index contributed by atoms with van der Waals surface area (Å²) >= 11 is 0. The van der Waals surface area contributed by atoms with Crippen molar-refractivity contribution in [1.82, 2.24) is 4.57 Å². The number of aromatic hydroxyl groups is 1. The molecule has 1 aromatic heterocycles. The monoisotopic (exact) mass is 217 g/mol. The van der Waals surface area contributed by atoms with E-state index in [2.05, 4.69) is 0 Å². The average Bonchev–Trinajstić information content (AvgIpc) is 2.75. The van der Waals surface area contributed by atoms with Gasteiger partial charge in [0.25, 0.3) is 0 Å². The second kappa shape index (κ2) is 4.86. The molecule has 0 saturated heterocycles. The molecule has 0 aliphatic heterocycles. The highest BCUT2D eigenvalue weighted by Gasteiger charge is 2.06. The molecule has 0 bridgehead atoms. The number of hydrogen-bond donors (Lipinski definition) is 1. The van der Waals surface area contributed by atoms with Gasteiger partial charge in [0, 0.05) is 18.5 Å². The molecule has 0 unspecified atom stereocenters. The highest BCUT2D eigenvalue weighted by atomic mass is 16.5. The van der Waals surface area contributed by atoms with E-state index in [0.29, 0.717) is 13.2 Å². The largest absolute Gasteiger partial charge is 0.506 e.